The Labute approximate surface area is 95.0 Å². The van der Waals surface area contributed by atoms with E-state index in [2.05, 4.69) is 10.6 Å². The van der Waals surface area contributed by atoms with E-state index < -0.39 is 0 Å². The second-order valence-corrected chi connectivity index (χ2v) is 3.84. The summed E-state index contributed by atoms with van der Waals surface area (Å²) in [5.41, 5.74) is 0.726. The number of amides is 1. The summed E-state index contributed by atoms with van der Waals surface area (Å²) < 4.78 is 5.17. The summed E-state index contributed by atoms with van der Waals surface area (Å²) in [4.78, 5) is 11.9. The van der Waals surface area contributed by atoms with Gasteiger partial charge in [0, 0.05) is 0 Å². The average Bonchev–Trinajstić information content (AvgIpc) is 2.83. The quantitative estimate of drug-likeness (QED) is 0.809. The third-order valence-corrected chi connectivity index (χ3v) is 2.74. The van der Waals surface area contributed by atoms with E-state index in [-0.39, 0.29) is 11.9 Å². The Bertz CT molecular complexity index is 373. The number of para-hydroxylation sites is 2. The largest absolute Gasteiger partial charge is 0.495 e. The van der Waals surface area contributed by atoms with Crippen LogP contribution in [0.3, 0.4) is 0 Å². The third-order valence-electron chi connectivity index (χ3n) is 2.74. The van der Waals surface area contributed by atoms with Crippen LogP contribution in [0, 0.1) is 0 Å². The van der Waals surface area contributed by atoms with Crippen LogP contribution in [0.5, 0.6) is 5.75 Å². The Balaban J connectivity index is 2.05. The summed E-state index contributed by atoms with van der Waals surface area (Å²) in [5.74, 6) is 0.704. The van der Waals surface area contributed by atoms with Crippen molar-refractivity contribution in [2.24, 2.45) is 0 Å². The van der Waals surface area contributed by atoms with E-state index in [1.54, 1.807) is 7.11 Å². The second kappa shape index (κ2) is 4.99. The number of hydrogen-bond donors (Lipinski definition) is 2. The van der Waals surface area contributed by atoms with Gasteiger partial charge in [-0.2, -0.15) is 0 Å². The lowest BCUT2D eigenvalue weighted by Gasteiger charge is -2.13. The lowest BCUT2D eigenvalue weighted by Crippen LogP contribution is -2.35. The molecule has 1 aromatic rings. The SMILES string of the molecule is COc1ccccc1NC(=O)[C@H]1CCCN1. The topological polar surface area (TPSA) is 50.4 Å². The Morgan fingerprint density at radius 3 is 3.00 bits per heavy atom. The van der Waals surface area contributed by atoms with Crippen molar-refractivity contribution in [1.29, 1.82) is 0 Å². The molecule has 86 valence electrons. The van der Waals surface area contributed by atoms with Crippen LogP contribution in [0.2, 0.25) is 0 Å². The molecule has 0 aliphatic carbocycles. The van der Waals surface area contributed by atoms with Crippen molar-refractivity contribution >= 4 is 11.6 Å². The molecule has 16 heavy (non-hydrogen) atoms. The minimum atomic E-state index is -0.0649. The molecule has 1 saturated heterocycles. The van der Waals surface area contributed by atoms with E-state index >= 15 is 0 Å². The summed E-state index contributed by atoms with van der Waals surface area (Å²) in [6, 6.07) is 7.36. The molecule has 1 amide bonds. The summed E-state index contributed by atoms with van der Waals surface area (Å²) >= 11 is 0. The van der Waals surface area contributed by atoms with Crippen molar-refractivity contribution < 1.29 is 9.53 Å². The van der Waals surface area contributed by atoms with E-state index in [0.717, 1.165) is 25.1 Å². The van der Waals surface area contributed by atoms with E-state index in [4.69, 9.17) is 4.74 Å². The molecule has 2 rings (SSSR count). The van der Waals surface area contributed by atoms with Gasteiger partial charge in [-0.1, -0.05) is 12.1 Å². The molecule has 4 heteroatoms. The minimum Gasteiger partial charge on any atom is -0.495 e. The first-order valence-corrected chi connectivity index (χ1v) is 5.48. The zero-order valence-corrected chi connectivity index (χ0v) is 9.32. The first kappa shape index (κ1) is 11.0. The molecule has 2 N–H and O–H groups in total. The lowest BCUT2D eigenvalue weighted by molar-refractivity contribution is -0.117. The van der Waals surface area contributed by atoms with Gasteiger partial charge in [-0.15, -0.1) is 0 Å². The van der Waals surface area contributed by atoms with Gasteiger partial charge in [-0.25, -0.2) is 0 Å². The highest BCUT2D eigenvalue weighted by atomic mass is 16.5. The molecule has 1 aliphatic rings. The molecule has 1 fully saturated rings. The number of anilines is 1. The number of methoxy groups -OCH3 is 1. The van der Waals surface area contributed by atoms with Gasteiger partial charge in [0.1, 0.15) is 5.75 Å². The van der Waals surface area contributed by atoms with Crippen molar-refractivity contribution in [3.05, 3.63) is 24.3 Å². The first-order chi connectivity index (χ1) is 7.81. The highest BCUT2D eigenvalue weighted by Crippen LogP contribution is 2.23. The molecule has 0 bridgehead atoms. The molecule has 1 heterocycles. The molecule has 4 nitrogen and oxygen atoms in total. The molecule has 0 spiro atoms. The predicted molar refractivity (Wildman–Crippen MR) is 62.6 cm³/mol. The molecule has 1 aliphatic heterocycles. The van der Waals surface area contributed by atoms with Crippen molar-refractivity contribution in [2.75, 3.05) is 19.0 Å². The molecule has 1 aromatic carbocycles. The summed E-state index contributed by atoms with van der Waals surface area (Å²) in [7, 11) is 1.60. The van der Waals surface area contributed by atoms with Crippen LogP contribution in [0.15, 0.2) is 24.3 Å². The standard InChI is InChI=1S/C12H16N2O2/c1-16-11-7-3-2-5-9(11)14-12(15)10-6-4-8-13-10/h2-3,5,7,10,13H,4,6,8H2,1H3,(H,14,15)/t10-/m1/s1. The fraction of sp³-hybridized carbons (Fsp3) is 0.417. The van der Waals surface area contributed by atoms with E-state index in [1.165, 1.54) is 0 Å². The minimum absolute atomic E-state index is 0.0157. The number of benzene rings is 1. The van der Waals surface area contributed by atoms with Crippen LogP contribution < -0.4 is 15.4 Å². The molecule has 0 radical (unpaired) electrons. The normalized spacial score (nSPS) is 19.4. The number of nitrogens with one attached hydrogen (secondary N) is 2. The van der Waals surface area contributed by atoms with E-state index in [1.807, 2.05) is 24.3 Å². The maximum Gasteiger partial charge on any atom is 0.241 e. The number of rotatable bonds is 3. The monoisotopic (exact) mass is 220 g/mol. The zero-order valence-electron chi connectivity index (χ0n) is 9.32. The highest BCUT2D eigenvalue weighted by molar-refractivity contribution is 5.96. The molecule has 0 unspecified atom stereocenters. The van der Waals surface area contributed by atoms with Gasteiger partial charge in [-0.05, 0) is 31.5 Å². The molecule has 0 aromatic heterocycles. The summed E-state index contributed by atoms with van der Waals surface area (Å²) in [5, 5.41) is 6.04. The Hall–Kier alpha value is -1.55. The van der Waals surface area contributed by atoms with Crippen molar-refractivity contribution in [2.45, 2.75) is 18.9 Å². The van der Waals surface area contributed by atoms with Gasteiger partial charge in [0.15, 0.2) is 0 Å². The number of carbonyl (C=O) groups is 1. The first-order valence-electron chi connectivity index (χ1n) is 5.48. The van der Waals surface area contributed by atoms with Gasteiger partial charge in [0.2, 0.25) is 5.91 Å². The lowest BCUT2D eigenvalue weighted by atomic mass is 10.2. The van der Waals surface area contributed by atoms with Gasteiger partial charge in [-0.3, -0.25) is 4.79 Å². The van der Waals surface area contributed by atoms with Crippen LogP contribution in [-0.4, -0.2) is 25.6 Å². The van der Waals surface area contributed by atoms with Gasteiger partial charge < -0.3 is 15.4 Å². The average molecular weight is 220 g/mol. The van der Waals surface area contributed by atoms with Crippen LogP contribution in [-0.2, 0) is 4.79 Å². The molecule has 0 saturated carbocycles. The van der Waals surface area contributed by atoms with Crippen LogP contribution in [0.25, 0.3) is 0 Å². The number of ether oxygens (including phenoxy) is 1. The van der Waals surface area contributed by atoms with Crippen molar-refractivity contribution in [1.82, 2.24) is 5.32 Å². The van der Waals surface area contributed by atoms with E-state index in [0.29, 0.717) is 5.75 Å². The fourth-order valence-corrected chi connectivity index (χ4v) is 1.88. The number of carbonyl (C=O) groups excluding carboxylic acids is 1. The smallest absolute Gasteiger partial charge is 0.241 e. The Morgan fingerprint density at radius 1 is 1.50 bits per heavy atom. The van der Waals surface area contributed by atoms with Gasteiger partial charge >= 0.3 is 0 Å². The molecular formula is C12H16N2O2. The Morgan fingerprint density at radius 2 is 2.31 bits per heavy atom. The maximum atomic E-state index is 11.9. The highest BCUT2D eigenvalue weighted by Gasteiger charge is 2.22. The number of hydrogen-bond acceptors (Lipinski definition) is 3. The predicted octanol–water partition coefficient (Wildman–Crippen LogP) is 1.39. The van der Waals surface area contributed by atoms with Crippen molar-refractivity contribution in [3.8, 4) is 5.75 Å². The second-order valence-electron chi connectivity index (χ2n) is 3.84. The van der Waals surface area contributed by atoms with Crippen LogP contribution >= 0.6 is 0 Å². The van der Waals surface area contributed by atoms with Gasteiger partial charge in [0.05, 0.1) is 18.8 Å². The van der Waals surface area contributed by atoms with Crippen LogP contribution in [0.1, 0.15) is 12.8 Å². The van der Waals surface area contributed by atoms with E-state index in [9.17, 15) is 4.79 Å². The molecular weight excluding hydrogens is 204 g/mol. The summed E-state index contributed by atoms with van der Waals surface area (Å²) in [6.07, 6.45) is 1.96. The van der Waals surface area contributed by atoms with Crippen LogP contribution in [0.4, 0.5) is 5.69 Å². The van der Waals surface area contributed by atoms with Gasteiger partial charge in [0.25, 0.3) is 0 Å². The molecule has 1 atom stereocenters. The maximum absolute atomic E-state index is 11.9. The summed E-state index contributed by atoms with van der Waals surface area (Å²) in [6.45, 7) is 0.921. The fourth-order valence-electron chi connectivity index (χ4n) is 1.88. The Kier molecular flexibility index (Phi) is 3.41. The zero-order chi connectivity index (χ0) is 11.4. The van der Waals surface area contributed by atoms with Crippen molar-refractivity contribution in [3.63, 3.8) is 0 Å². The third kappa shape index (κ3) is 2.33.